The van der Waals surface area contributed by atoms with Gasteiger partial charge in [-0.2, -0.15) is 10.1 Å². The largest absolute Gasteiger partial charge is 0.491 e. The summed E-state index contributed by atoms with van der Waals surface area (Å²) in [5.74, 6) is 0.861. The van der Waals surface area contributed by atoms with E-state index in [1.54, 1.807) is 6.21 Å². The number of aromatic amines is 1. The highest BCUT2D eigenvalue weighted by Gasteiger charge is 2.20. The molecule has 2 aromatic carbocycles. The van der Waals surface area contributed by atoms with Gasteiger partial charge >= 0.3 is 5.69 Å². The number of hydrazone groups is 1. The number of halogens is 1. The van der Waals surface area contributed by atoms with Crippen molar-refractivity contribution in [1.82, 2.24) is 19.1 Å². The Labute approximate surface area is 202 Å². The molecule has 0 saturated carbocycles. The summed E-state index contributed by atoms with van der Waals surface area (Å²) in [5.41, 5.74) is 3.71. The predicted molar refractivity (Wildman–Crippen MR) is 134 cm³/mol. The Hall–Kier alpha value is -3.70. The molecule has 0 aliphatic carbocycles. The summed E-state index contributed by atoms with van der Waals surface area (Å²) in [6.45, 7) is 1.90. The minimum absolute atomic E-state index is 0.00417. The summed E-state index contributed by atoms with van der Waals surface area (Å²) >= 11 is 3.39. The third-order valence-corrected chi connectivity index (χ3v) is 5.70. The van der Waals surface area contributed by atoms with Gasteiger partial charge in [0.1, 0.15) is 18.5 Å². The molecule has 11 heteroatoms. The smallest absolute Gasteiger partial charge is 0.329 e. The van der Waals surface area contributed by atoms with Crippen molar-refractivity contribution in [3.05, 3.63) is 85.0 Å². The van der Waals surface area contributed by atoms with Crippen LogP contribution in [-0.4, -0.2) is 43.1 Å². The fraction of sp³-hybridized carbons (Fsp3) is 0.217. The Morgan fingerprint density at radius 3 is 2.71 bits per heavy atom. The van der Waals surface area contributed by atoms with Crippen LogP contribution in [0.1, 0.15) is 11.1 Å². The van der Waals surface area contributed by atoms with E-state index in [1.165, 1.54) is 16.2 Å². The Balaban J connectivity index is 1.62. The van der Waals surface area contributed by atoms with Crippen molar-refractivity contribution in [3.8, 4) is 5.75 Å². The zero-order chi connectivity index (χ0) is 24.2. The van der Waals surface area contributed by atoms with E-state index in [1.807, 2.05) is 55.5 Å². The number of anilines is 1. The van der Waals surface area contributed by atoms with Crippen molar-refractivity contribution in [2.24, 2.45) is 12.1 Å². The lowest BCUT2D eigenvalue weighted by Gasteiger charge is -2.16. The molecule has 2 heterocycles. The van der Waals surface area contributed by atoms with Gasteiger partial charge in [-0.25, -0.2) is 10.2 Å². The number of aromatic nitrogens is 4. The molecule has 1 unspecified atom stereocenters. The van der Waals surface area contributed by atoms with Gasteiger partial charge in [-0.1, -0.05) is 46.3 Å². The normalized spacial score (nSPS) is 12.4. The molecule has 4 rings (SSSR count). The lowest BCUT2D eigenvalue weighted by Crippen LogP contribution is -2.30. The number of aliphatic hydroxyl groups is 1. The van der Waals surface area contributed by atoms with E-state index < -0.39 is 17.4 Å². The van der Waals surface area contributed by atoms with E-state index in [0.717, 1.165) is 15.6 Å². The Bertz CT molecular complexity index is 1460. The number of para-hydroxylation sites is 1. The number of fused-ring (bicyclic) bond motifs is 1. The van der Waals surface area contributed by atoms with Crippen LogP contribution in [0.4, 0.5) is 5.95 Å². The number of ether oxygens (including phenoxy) is 1. The van der Waals surface area contributed by atoms with E-state index in [9.17, 15) is 14.7 Å². The minimum atomic E-state index is -0.968. The van der Waals surface area contributed by atoms with Gasteiger partial charge < -0.3 is 14.4 Å². The number of benzene rings is 2. The van der Waals surface area contributed by atoms with Crippen molar-refractivity contribution in [2.75, 3.05) is 12.0 Å². The minimum Gasteiger partial charge on any atom is -0.491 e. The molecule has 34 heavy (non-hydrogen) atoms. The maximum Gasteiger partial charge on any atom is 0.329 e. The molecule has 0 aliphatic heterocycles. The molecular weight excluding hydrogens is 504 g/mol. The van der Waals surface area contributed by atoms with Gasteiger partial charge in [0, 0.05) is 11.5 Å². The van der Waals surface area contributed by atoms with Crippen LogP contribution >= 0.6 is 15.9 Å². The summed E-state index contributed by atoms with van der Waals surface area (Å²) in [7, 11) is 1.50. The molecule has 3 N–H and O–H groups in total. The highest BCUT2D eigenvalue weighted by Crippen LogP contribution is 2.19. The highest BCUT2D eigenvalue weighted by atomic mass is 79.9. The summed E-state index contributed by atoms with van der Waals surface area (Å²) in [4.78, 5) is 31.3. The van der Waals surface area contributed by atoms with Gasteiger partial charge in [0.15, 0.2) is 11.2 Å². The molecule has 0 amide bonds. The molecule has 0 radical (unpaired) electrons. The van der Waals surface area contributed by atoms with Crippen LogP contribution in [0, 0.1) is 6.92 Å². The Kier molecular flexibility index (Phi) is 6.94. The van der Waals surface area contributed by atoms with E-state index in [-0.39, 0.29) is 30.3 Å². The molecule has 2 aromatic heterocycles. The van der Waals surface area contributed by atoms with Crippen LogP contribution in [0.3, 0.4) is 0 Å². The average Bonchev–Trinajstić information content (AvgIpc) is 3.17. The van der Waals surface area contributed by atoms with Gasteiger partial charge in [-0.05, 0) is 36.2 Å². The first-order valence-corrected chi connectivity index (χ1v) is 11.2. The second-order valence-corrected chi connectivity index (χ2v) is 8.60. The second kappa shape index (κ2) is 10.1. The molecule has 176 valence electrons. The lowest BCUT2D eigenvalue weighted by atomic mass is 10.2. The van der Waals surface area contributed by atoms with Gasteiger partial charge in [-0.3, -0.25) is 14.3 Å². The molecule has 0 aliphatic rings. The molecule has 1 atom stereocenters. The lowest BCUT2D eigenvalue weighted by molar-refractivity contribution is 0.0935. The van der Waals surface area contributed by atoms with Crippen LogP contribution in [0.15, 0.2) is 67.7 Å². The van der Waals surface area contributed by atoms with Crippen LogP contribution in [0.25, 0.3) is 11.2 Å². The maximum absolute atomic E-state index is 12.6. The van der Waals surface area contributed by atoms with E-state index in [0.29, 0.717) is 5.75 Å². The van der Waals surface area contributed by atoms with E-state index in [2.05, 4.69) is 36.4 Å². The van der Waals surface area contributed by atoms with Gasteiger partial charge in [0.25, 0.3) is 5.56 Å². The molecule has 0 spiro atoms. The second-order valence-electron chi connectivity index (χ2n) is 7.69. The predicted octanol–water partition coefficient (Wildman–Crippen LogP) is 2.38. The van der Waals surface area contributed by atoms with Crippen molar-refractivity contribution < 1.29 is 9.84 Å². The number of hydrogen-bond acceptors (Lipinski definition) is 7. The number of H-pyrrole nitrogens is 1. The van der Waals surface area contributed by atoms with Crippen molar-refractivity contribution in [3.63, 3.8) is 0 Å². The summed E-state index contributed by atoms with van der Waals surface area (Å²) < 4.78 is 9.40. The monoisotopic (exact) mass is 526 g/mol. The third-order valence-electron chi connectivity index (χ3n) is 5.17. The summed E-state index contributed by atoms with van der Waals surface area (Å²) in [6, 6.07) is 15.0. The Morgan fingerprint density at radius 2 is 1.97 bits per heavy atom. The zero-order valence-electron chi connectivity index (χ0n) is 18.5. The molecule has 0 saturated heterocycles. The first kappa shape index (κ1) is 23.5. The van der Waals surface area contributed by atoms with E-state index >= 15 is 0 Å². The topological polar surface area (TPSA) is 127 Å². The van der Waals surface area contributed by atoms with Crippen LogP contribution in [-0.2, 0) is 13.6 Å². The maximum atomic E-state index is 12.6. The third kappa shape index (κ3) is 5.10. The fourth-order valence-electron chi connectivity index (χ4n) is 3.38. The molecule has 0 fully saturated rings. The van der Waals surface area contributed by atoms with Crippen molar-refractivity contribution in [1.29, 1.82) is 0 Å². The fourth-order valence-corrected chi connectivity index (χ4v) is 3.64. The highest BCUT2D eigenvalue weighted by molar-refractivity contribution is 9.10. The Morgan fingerprint density at radius 1 is 1.24 bits per heavy atom. The van der Waals surface area contributed by atoms with Gasteiger partial charge in [0.05, 0.1) is 12.8 Å². The number of rotatable bonds is 8. The number of hydrogen-bond donors (Lipinski definition) is 3. The van der Waals surface area contributed by atoms with Crippen LogP contribution < -0.4 is 21.4 Å². The van der Waals surface area contributed by atoms with Gasteiger partial charge in [-0.15, -0.1) is 0 Å². The molecule has 0 bridgehead atoms. The molecule has 4 aromatic rings. The van der Waals surface area contributed by atoms with E-state index in [4.69, 9.17) is 4.74 Å². The average molecular weight is 527 g/mol. The van der Waals surface area contributed by atoms with Crippen LogP contribution in [0.5, 0.6) is 5.75 Å². The number of aliphatic hydroxyl groups excluding tert-OH is 1. The molecular formula is C23H23BrN6O4. The summed E-state index contributed by atoms with van der Waals surface area (Å²) in [6.07, 6.45) is 0.626. The number of imidazole rings is 1. The van der Waals surface area contributed by atoms with Crippen LogP contribution in [0.2, 0.25) is 0 Å². The first-order chi connectivity index (χ1) is 16.3. The van der Waals surface area contributed by atoms with Gasteiger partial charge in [0.2, 0.25) is 5.95 Å². The molecule has 10 nitrogen and oxygen atoms in total. The zero-order valence-corrected chi connectivity index (χ0v) is 20.1. The SMILES string of the molecule is Cc1ccccc1OCC(O)Cn1c(N/N=C\c2ccc(Br)cc2)nc2c1c(=O)[nH]c(=O)n2C. The first-order valence-electron chi connectivity index (χ1n) is 10.4. The summed E-state index contributed by atoms with van der Waals surface area (Å²) in [5, 5.41) is 14.9. The standard InChI is InChI=1S/C23H23BrN6O4/c1-14-5-3-4-6-18(14)34-13-17(31)12-30-19-20(29(2)23(33)27-21(19)32)26-22(30)28-25-11-15-7-9-16(24)10-8-15/h3-11,17,31H,12-13H2,1-2H3,(H,26,28)(H,27,32,33)/b25-11-. The number of nitrogens with one attached hydrogen (secondary N) is 2. The number of aryl methyl sites for hydroxylation is 2. The van der Waals surface area contributed by atoms with Crippen molar-refractivity contribution in [2.45, 2.75) is 19.6 Å². The quantitative estimate of drug-likeness (QED) is 0.239. The van der Waals surface area contributed by atoms with Crippen molar-refractivity contribution >= 4 is 39.3 Å². The number of nitrogens with zero attached hydrogens (tertiary/aromatic N) is 4.